The Morgan fingerprint density at radius 2 is 1.54 bits per heavy atom. The van der Waals surface area contributed by atoms with Crippen molar-refractivity contribution in [3.8, 4) is 0 Å². The molecule has 0 saturated heterocycles. The second-order valence-electron chi connectivity index (χ2n) is 5.15. The molecular weight excluding hydrogens is 168 g/mol. The van der Waals surface area contributed by atoms with Crippen molar-refractivity contribution in [3.05, 3.63) is 0 Å². The van der Waals surface area contributed by atoms with Crippen molar-refractivity contribution in [1.29, 1.82) is 0 Å². The SMILES string of the molecule is CC(C)(C)NN(C(=O)O)C(C)(C)C. The van der Waals surface area contributed by atoms with Gasteiger partial charge in [0.1, 0.15) is 0 Å². The fourth-order valence-corrected chi connectivity index (χ4v) is 0.838. The molecule has 0 aliphatic heterocycles. The van der Waals surface area contributed by atoms with Crippen LogP contribution in [0.5, 0.6) is 0 Å². The molecule has 0 spiro atoms. The van der Waals surface area contributed by atoms with Crippen LogP contribution in [0.15, 0.2) is 0 Å². The number of amides is 1. The van der Waals surface area contributed by atoms with Crippen molar-refractivity contribution in [2.24, 2.45) is 0 Å². The Morgan fingerprint density at radius 3 is 1.62 bits per heavy atom. The normalized spacial score (nSPS) is 12.8. The van der Waals surface area contributed by atoms with Gasteiger partial charge >= 0.3 is 6.09 Å². The molecule has 4 nitrogen and oxygen atoms in total. The number of nitrogens with one attached hydrogen (secondary N) is 1. The molecule has 0 aromatic heterocycles. The predicted molar refractivity (Wildman–Crippen MR) is 52.5 cm³/mol. The fourth-order valence-electron chi connectivity index (χ4n) is 0.838. The van der Waals surface area contributed by atoms with Crippen LogP contribution < -0.4 is 5.43 Å². The zero-order valence-corrected chi connectivity index (χ0v) is 9.30. The summed E-state index contributed by atoms with van der Waals surface area (Å²) in [5.74, 6) is 0. The Hall–Kier alpha value is -0.770. The minimum Gasteiger partial charge on any atom is -0.464 e. The van der Waals surface area contributed by atoms with Crippen LogP contribution in [0.1, 0.15) is 41.5 Å². The van der Waals surface area contributed by atoms with Crippen LogP contribution in [-0.2, 0) is 0 Å². The zero-order valence-electron chi connectivity index (χ0n) is 9.30. The van der Waals surface area contributed by atoms with Crippen molar-refractivity contribution in [3.63, 3.8) is 0 Å². The van der Waals surface area contributed by atoms with Gasteiger partial charge in [-0.3, -0.25) is 0 Å². The third-order valence-corrected chi connectivity index (χ3v) is 1.31. The van der Waals surface area contributed by atoms with E-state index in [2.05, 4.69) is 5.43 Å². The third-order valence-electron chi connectivity index (χ3n) is 1.31. The van der Waals surface area contributed by atoms with Crippen LogP contribution in [0.2, 0.25) is 0 Å². The largest absolute Gasteiger partial charge is 0.464 e. The molecule has 0 fully saturated rings. The molecule has 0 unspecified atom stereocenters. The average Bonchev–Trinajstić information content (AvgIpc) is 1.77. The topological polar surface area (TPSA) is 52.6 Å². The number of hydrogen-bond donors (Lipinski definition) is 2. The molecular formula is C9H20N2O2. The van der Waals surface area contributed by atoms with Gasteiger partial charge in [-0.2, -0.15) is 0 Å². The van der Waals surface area contributed by atoms with E-state index in [0.29, 0.717) is 0 Å². The summed E-state index contributed by atoms with van der Waals surface area (Å²) >= 11 is 0. The maximum absolute atomic E-state index is 10.9. The molecule has 0 radical (unpaired) electrons. The number of carbonyl (C=O) groups is 1. The molecule has 4 heteroatoms. The highest BCUT2D eigenvalue weighted by molar-refractivity contribution is 5.65. The molecule has 78 valence electrons. The Bertz CT molecular complexity index is 189. The second-order valence-corrected chi connectivity index (χ2v) is 5.15. The Morgan fingerprint density at radius 1 is 1.15 bits per heavy atom. The van der Waals surface area contributed by atoms with Gasteiger partial charge in [0.2, 0.25) is 0 Å². The van der Waals surface area contributed by atoms with Crippen molar-refractivity contribution < 1.29 is 9.90 Å². The van der Waals surface area contributed by atoms with Gasteiger partial charge in [-0.25, -0.2) is 15.2 Å². The van der Waals surface area contributed by atoms with Crippen molar-refractivity contribution in [2.45, 2.75) is 52.6 Å². The number of nitrogens with zero attached hydrogens (tertiary/aromatic N) is 1. The van der Waals surface area contributed by atoms with Gasteiger partial charge < -0.3 is 5.11 Å². The molecule has 0 aliphatic carbocycles. The molecule has 0 saturated carbocycles. The van der Waals surface area contributed by atoms with Gasteiger partial charge in [-0.05, 0) is 41.5 Å². The highest BCUT2D eigenvalue weighted by Crippen LogP contribution is 2.13. The summed E-state index contributed by atoms with van der Waals surface area (Å²) in [6.07, 6.45) is -0.956. The lowest BCUT2D eigenvalue weighted by Crippen LogP contribution is -2.59. The highest BCUT2D eigenvalue weighted by atomic mass is 16.4. The zero-order chi connectivity index (χ0) is 10.9. The Balaban J connectivity index is 4.56. The lowest BCUT2D eigenvalue weighted by atomic mass is 10.1. The second kappa shape index (κ2) is 3.54. The molecule has 0 atom stereocenters. The highest BCUT2D eigenvalue weighted by Gasteiger charge is 2.29. The van der Waals surface area contributed by atoms with E-state index in [-0.39, 0.29) is 5.54 Å². The monoisotopic (exact) mass is 188 g/mol. The average molecular weight is 188 g/mol. The molecule has 1 amide bonds. The summed E-state index contributed by atoms with van der Waals surface area (Å²) in [7, 11) is 0. The molecule has 13 heavy (non-hydrogen) atoms. The van der Waals surface area contributed by atoms with Gasteiger partial charge in [0, 0.05) is 5.54 Å². The summed E-state index contributed by atoms with van der Waals surface area (Å²) in [4.78, 5) is 10.9. The van der Waals surface area contributed by atoms with E-state index in [1.807, 2.05) is 41.5 Å². The number of hydrazine groups is 1. The lowest BCUT2D eigenvalue weighted by molar-refractivity contribution is 0.0386. The van der Waals surface area contributed by atoms with Crippen LogP contribution >= 0.6 is 0 Å². The lowest BCUT2D eigenvalue weighted by Gasteiger charge is -2.38. The van der Waals surface area contributed by atoms with Crippen LogP contribution in [0.25, 0.3) is 0 Å². The van der Waals surface area contributed by atoms with Crippen LogP contribution in [0.3, 0.4) is 0 Å². The summed E-state index contributed by atoms with van der Waals surface area (Å²) in [5, 5.41) is 10.2. The number of carboxylic acid groups (broad SMARTS) is 1. The van der Waals surface area contributed by atoms with Crippen molar-refractivity contribution in [1.82, 2.24) is 10.4 Å². The van der Waals surface area contributed by atoms with Crippen molar-refractivity contribution >= 4 is 6.09 Å². The molecule has 2 N–H and O–H groups in total. The van der Waals surface area contributed by atoms with Gasteiger partial charge in [0.05, 0.1) is 5.54 Å². The van der Waals surface area contributed by atoms with Gasteiger partial charge in [0.25, 0.3) is 0 Å². The van der Waals surface area contributed by atoms with E-state index in [1.54, 1.807) is 0 Å². The summed E-state index contributed by atoms with van der Waals surface area (Å²) in [6, 6.07) is 0. The van der Waals surface area contributed by atoms with Crippen LogP contribution in [0.4, 0.5) is 4.79 Å². The predicted octanol–water partition coefficient (Wildman–Crippen LogP) is 2.07. The quantitative estimate of drug-likeness (QED) is 0.619. The minimum absolute atomic E-state index is 0.244. The first-order valence-corrected chi connectivity index (χ1v) is 4.35. The van der Waals surface area contributed by atoms with Gasteiger partial charge in [-0.1, -0.05) is 0 Å². The maximum atomic E-state index is 10.9. The minimum atomic E-state index is -0.956. The maximum Gasteiger partial charge on any atom is 0.422 e. The number of hydrogen-bond acceptors (Lipinski definition) is 2. The smallest absolute Gasteiger partial charge is 0.422 e. The number of rotatable bonds is 1. The van der Waals surface area contributed by atoms with E-state index >= 15 is 0 Å². The van der Waals surface area contributed by atoms with E-state index in [0.717, 1.165) is 0 Å². The van der Waals surface area contributed by atoms with Gasteiger partial charge in [-0.15, -0.1) is 0 Å². The summed E-state index contributed by atoms with van der Waals surface area (Å²) in [5.41, 5.74) is 2.25. The van der Waals surface area contributed by atoms with E-state index in [4.69, 9.17) is 5.11 Å². The molecule has 0 bridgehead atoms. The van der Waals surface area contributed by atoms with E-state index in [9.17, 15) is 4.79 Å². The van der Waals surface area contributed by atoms with Crippen LogP contribution in [-0.4, -0.2) is 27.3 Å². The Labute approximate surface area is 79.9 Å². The first kappa shape index (κ1) is 12.2. The fraction of sp³-hybridized carbons (Fsp3) is 0.889. The first-order chi connectivity index (χ1) is 5.54. The first-order valence-electron chi connectivity index (χ1n) is 4.35. The molecule has 0 aliphatic rings. The Kier molecular flexibility index (Phi) is 3.33. The standard InChI is InChI=1S/C9H20N2O2/c1-8(2,3)10-11(7(12)13)9(4,5)6/h10H,1-6H3,(H,12,13). The summed E-state index contributed by atoms with van der Waals surface area (Å²) < 4.78 is 0. The summed E-state index contributed by atoms with van der Waals surface area (Å²) in [6.45, 7) is 11.3. The molecule has 0 heterocycles. The van der Waals surface area contributed by atoms with Crippen molar-refractivity contribution in [2.75, 3.05) is 0 Å². The van der Waals surface area contributed by atoms with E-state index in [1.165, 1.54) is 5.01 Å². The third kappa shape index (κ3) is 4.72. The molecule has 0 aromatic rings. The van der Waals surface area contributed by atoms with Crippen LogP contribution in [0, 0.1) is 0 Å². The molecule has 0 aromatic carbocycles. The van der Waals surface area contributed by atoms with E-state index < -0.39 is 11.6 Å². The van der Waals surface area contributed by atoms with Gasteiger partial charge in [0.15, 0.2) is 0 Å². The molecule has 0 rings (SSSR count).